The minimum absolute atomic E-state index is 0.0656. The topological polar surface area (TPSA) is 68.5 Å². The Balaban J connectivity index is 0.000000815. The van der Waals surface area contributed by atoms with E-state index in [1.54, 1.807) is 5.01 Å². The van der Waals surface area contributed by atoms with Gasteiger partial charge in [0.2, 0.25) is 5.91 Å². The molecule has 4 aliphatic rings. The van der Waals surface area contributed by atoms with Crippen LogP contribution in [0.15, 0.2) is 10.3 Å². The normalized spacial score (nSPS) is 30.8. The first-order chi connectivity index (χ1) is 11.6. The maximum Gasteiger partial charge on any atom is 0.247 e. The molecular formula is C17H28N4O2S. The van der Waals surface area contributed by atoms with Crippen molar-refractivity contribution in [3.05, 3.63) is 0 Å². The number of oxime groups is 1. The maximum atomic E-state index is 12.9. The first kappa shape index (κ1) is 17.6. The number of likely N-dealkylation sites (N-methyl/N-ethyl adjacent to an activating group) is 1. The number of carbonyl (C=O) groups is 1. The lowest BCUT2D eigenvalue weighted by molar-refractivity contribution is -0.140. The molecule has 1 saturated heterocycles. The van der Waals surface area contributed by atoms with Gasteiger partial charge in [-0.1, -0.05) is 19.0 Å². The number of carbonyl (C=O) groups excluding carboxylic acids is 1. The van der Waals surface area contributed by atoms with Crippen LogP contribution >= 0.6 is 11.8 Å². The second-order valence-electron chi connectivity index (χ2n) is 6.94. The minimum atomic E-state index is -0.219. The predicted molar refractivity (Wildman–Crippen MR) is 97.9 cm³/mol. The molecule has 0 bridgehead atoms. The smallest absolute Gasteiger partial charge is 0.247 e. The summed E-state index contributed by atoms with van der Waals surface area (Å²) in [6.07, 6.45) is 7.48. The van der Waals surface area contributed by atoms with Crippen LogP contribution in [0.1, 0.15) is 46.0 Å². The average Bonchev–Trinajstić information content (AvgIpc) is 3.50. The molecule has 0 spiro atoms. The number of fused-ring (bicyclic) bond motifs is 1. The Morgan fingerprint density at radius 2 is 2.08 bits per heavy atom. The van der Waals surface area contributed by atoms with Gasteiger partial charge in [-0.05, 0) is 32.1 Å². The molecule has 1 N–H and O–H groups in total. The summed E-state index contributed by atoms with van der Waals surface area (Å²) in [4.78, 5) is 14.9. The average molecular weight is 353 g/mol. The van der Waals surface area contributed by atoms with E-state index < -0.39 is 0 Å². The van der Waals surface area contributed by atoms with Crippen LogP contribution in [0.2, 0.25) is 0 Å². The number of thioether (sulfide) groups is 1. The van der Waals surface area contributed by atoms with Gasteiger partial charge in [0.25, 0.3) is 0 Å². The predicted octanol–water partition coefficient (Wildman–Crippen LogP) is 2.42. The van der Waals surface area contributed by atoms with Gasteiger partial charge in [-0.2, -0.15) is 5.10 Å². The van der Waals surface area contributed by atoms with E-state index in [2.05, 4.69) is 26.9 Å². The van der Waals surface area contributed by atoms with Crippen LogP contribution in [0, 0.1) is 5.92 Å². The molecule has 2 unspecified atom stereocenters. The molecule has 6 nitrogen and oxygen atoms in total. The summed E-state index contributed by atoms with van der Waals surface area (Å²) in [6.45, 7) is 5.69. The second-order valence-corrected chi connectivity index (χ2v) is 8.71. The highest BCUT2D eigenvalue weighted by molar-refractivity contribution is 8.01. The van der Waals surface area contributed by atoms with Crippen LogP contribution in [0.3, 0.4) is 0 Å². The molecule has 3 fully saturated rings. The number of rotatable bonds is 5. The van der Waals surface area contributed by atoms with E-state index in [1.165, 1.54) is 31.9 Å². The van der Waals surface area contributed by atoms with Gasteiger partial charge in [0.1, 0.15) is 6.04 Å². The van der Waals surface area contributed by atoms with Crippen LogP contribution in [-0.4, -0.2) is 69.1 Å². The summed E-state index contributed by atoms with van der Waals surface area (Å²) in [5.74, 6) is 0.252. The number of hydrogen-bond acceptors (Lipinski definition) is 6. The molecule has 2 aliphatic heterocycles. The van der Waals surface area contributed by atoms with Crippen molar-refractivity contribution < 1.29 is 10.0 Å². The zero-order chi connectivity index (χ0) is 17.3. The van der Waals surface area contributed by atoms with Crippen LogP contribution in [0.5, 0.6) is 0 Å². The maximum absolute atomic E-state index is 12.9. The van der Waals surface area contributed by atoms with Gasteiger partial charge in [-0.3, -0.25) is 9.80 Å². The highest BCUT2D eigenvalue weighted by Gasteiger charge is 2.52. The van der Waals surface area contributed by atoms with Crippen LogP contribution in [-0.2, 0) is 4.79 Å². The van der Waals surface area contributed by atoms with Crippen molar-refractivity contribution >= 4 is 29.6 Å². The molecule has 2 aliphatic carbocycles. The van der Waals surface area contributed by atoms with Gasteiger partial charge in [-0.15, -0.1) is 11.8 Å². The van der Waals surface area contributed by atoms with Crippen LogP contribution < -0.4 is 0 Å². The van der Waals surface area contributed by atoms with Crippen LogP contribution in [0.4, 0.5) is 0 Å². The number of piperidine rings is 1. The van der Waals surface area contributed by atoms with E-state index in [1.807, 2.05) is 20.9 Å². The molecular weight excluding hydrogens is 324 g/mol. The zero-order valence-corrected chi connectivity index (χ0v) is 15.6. The van der Waals surface area contributed by atoms with Crippen molar-refractivity contribution in [3.8, 4) is 0 Å². The molecule has 134 valence electrons. The number of hydrazone groups is 1. The highest BCUT2D eigenvalue weighted by atomic mass is 32.2. The molecule has 2 saturated carbocycles. The third-order valence-electron chi connectivity index (χ3n) is 5.13. The van der Waals surface area contributed by atoms with Crippen molar-refractivity contribution in [3.63, 3.8) is 0 Å². The Hall–Kier alpha value is -1.24. The molecule has 2 heterocycles. The molecule has 0 radical (unpaired) electrons. The largest absolute Gasteiger partial charge is 0.411 e. The minimum Gasteiger partial charge on any atom is -0.411 e. The molecule has 24 heavy (non-hydrogen) atoms. The van der Waals surface area contributed by atoms with E-state index in [0.717, 1.165) is 30.5 Å². The standard InChI is InChI=1S/C15H22N4O2S.C2H6/c1-18-13-11(12(17-18)8-16-21)4-7-19(14(13)20)9-15(5-6-15)22-10-2-3-10;1-2/h8,10-11,13,21H,2-7,9H2,1H3;1-2H3/b16-8+;. The van der Waals surface area contributed by atoms with Crippen molar-refractivity contribution in [2.75, 3.05) is 20.1 Å². The van der Waals surface area contributed by atoms with E-state index in [4.69, 9.17) is 5.21 Å². The third-order valence-corrected chi connectivity index (χ3v) is 6.97. The Labute approximate surface area is 148 Å². The quantitative estimate of drug-likeness (QED) is 0.469. The summed E-state index contributed by atoms with van der Waals surface area (Å²) in [7, 11) is 1.84. The van der Waals surface area contributed by atoms with Gasteiger partial charge in [0, 0.05) is 36.1 Å². The Kier molecular flexibility index (Phi) is 5.08. The number of likely N-dealkylation sites (tertiary alicyclic amines) is 1. The van der Waals surface area contributed by atoms with Gasteiger partial charge >= 0.3 is 0 Å². The van der Waals surface area contributed by atoms with E-state index in [9.17, 15) is 4.79 Å². The Morgan fingerprint density at radius 1 is 1.38 bits per heavy atom. The highest BCUT2D eigenvalue weighted by Crippen LogP contribution is 2.55. The zero-order valence-electron chi connectivity index (χ0n) is 14.8. The van der Waals surface area contributed by atoms with Crippen LogP contribution in [0.25, 0.3) is 0 Å². The lowest BCUT2D eigenvalue weighted by Gasteiger charge is -2.38. The van der Waals surface area contributed by atoms with Gasteiger partial charge < -0.3 is 10.1 Å². The van der Waals surface area contributed by atoms with Crippen molar-refractivity contribution in [2.45, 2.75) is 62.0 Å². The van der Waals surface area contributed by atoms with Crippen molar-refractivity contribution in [2.24, 2.45) is 16.2 Å². The van der Waals surface area contributed by atoms with E-state index in [0.29, 0.717) is 4.75 Å². The number of amides is 1. The third kappa shape index (κ3) is 3.41. The summed E-state index contributed by atoms with van der Waals surface area (Å²) < 4.78 is 0.344. The number of hydrogen-bond donors (Lipinski definition) is 1. The second kappa shape index (κ2) is 6.94. The summed E-state index contributed by atoms with van der Waals surface area (Å²) in [5.41, 5.74) is 0.719. The summed E-state index contributed by atoms with van der Waals surface area (Å²) >= 11 is 2.12. The monoisotopic (exact) mass is 352 g/mol. The van der Waals surface area contributed by atoms with Gasteiger partial charge in [0.05, 0.1) is 11.9 Å². The Bertz CT molecular complexity index is 543. The molecule has 1 amide bonds. The number of nitrogens with zero attached hydrogens (tertiary/aromatic N) is 4. The molecule has 0 aromatic heterocycles. The molecule has 0 aromatic rings. The van der Waals surface area contributed by atoms with Crippen molar-refractivity contribution in [1.82, 2.24) is 9.91 Å². The lowest BCUT2D eigenvalue weighted by Crippen LogP contribution is -2.54. The lowest BCUT2D eigenvalue weighted by atomic mass is 9.88. The fourth-order valence-electron chi connectivity index (χ4n) is 3.65. The van der Waals surface area contributed by atoms with Gasteiger partial charge in [-0.25, -0.2) is 0 Å². The molecule has 0 aromatic carbocycles. The van der Waals surface area contributed by atoms with E-state index in [-0.39, 0.29) is 17.9 Å². The molecule has 7 heteroatoms. The van der Waals surface area contributed by atoms with E-state index >= 15 is 0 Å². The summed E-state index contributed by atoms with van der Waals surface area (Å²) in [5, 5.41) is 18.8. The van der Waals surface area contributed by atoms with Gasteiger partial charge in [0.15, 0.2) is 0 Å². The first-order valence-corrected chi connectivity index (χ1v) is 9.95. The molecule has 4 rings (SSSR count). The van der Waals surface area contributed by atoms with Crippen molar-refractivity contribution in [1.29, 1.82) is 0 Å². The fourth-order valence-corrected chi connectivity index (χ4v) is 5.30. The molecule has 2 atom stereocenters. The fraction of sp³-hybridized carbons (Fsp3) is 0.824. The summed E-state index contributed by atoms with van der Waals surface area (Å²) in [6, 6.07) is -0.219. The Morgan fingerprint density at radius 3 is 2.67 bits per heavy atom. The SMILES string of the molecule is CC.CN1N=C(/C=N/O)C2CCN(CC3(SC4CC4)CC3)C(=O)C21. The first-order valence-electron chi connectivity index (χ1n) is 9.07.